The van der Waals surface area contributed by atoms with Crippen LogP contribution in [0.3, 0.4) is 0 Å². The highest BCUT2D eigenvalue weighted by atomic mass is 16.5. The van der Waals surface area contributed by atoms with Crippen molar-refractivity contribution in [2.45, 2.75) is 123 Å². The fraction of sp³-hybridized carbons (Fsp3) is 0.553. The normalized spacial score (nSPS) is 17.5. The molecular weight excluding hydrogens is 564 g/mol. The summed E-state index contributed by atoms with van der Waals surface area (Å²) in [5.41, 5.74) is 0.518. The van der Waals surface area contributed by atoms with Crippen molar-refractivity contribution in [1.82, 2.24) is 10.6 Å². The maximum absolute atomic E-state index is 12.6. The minimum Gasteiger partial charge on any atom is -0.463 e. The van der Waals surface area contributed by atoms with Crippen molar-refractivity contribution in [3.05, 3.63) is 84.6 Å². The van der Waals surface area contributed by atoms with Crippen LogP contribution in [-0.2, 0) is 23.9 Å². The zero-order valence-corrected chi connectivity index (χ0v) is 28.2. The Hall–Kier alpha value is -3.45. The van der Waals surface area contributed by atoms with Crippen LogP contribution in [0.5, 0.6) is 0 Å². The second kappa shape index (κ2) is 26.9. The molecule has 0 aliphatic heterocycles. The summed E-state index contributed by atoms with van der Waals surface area (Å²) in [6.07, 6.45) is 36.8. The van der Waals surface area contributed by atoms with E-state index in [1.54, 1.807) is 6.92 Å². The lowest BCUT2D eigenvalue weighted by atomic mass is 9.92. The predicted molar refractivity (Wildman–Crippen MR) is 186 cm³/mol. The molecule has 0 heterocycles. The van der Waals surface area contributed by atoms with Crippen LogP contribution in [0.15, 0.2) is 84.6 Å². The lowest BCUT2D eigenvalue weighted by molar-refractivity contribution is -0.139. The lowest BCUT2D eigenvalue weighted by Crippen LogP contribution is -2.45. The van der Waals surface area contributed by atoms with Crippen molar-refractivity contribution in [3.63, 3.8) is 0 Å². The van der Waals surface area contributed by atoms with Gasteiger partial charge in [-0.25, -0.2) is 4.79 Å². The molecule has 0 aromatic carbocycles. The van der Waals surface area contributed by atoms with Gasteiger partial charge in [0.15, 0.2) is 0 Å². The van der Waals surface area contributed by atoms with Crippen molar-refractivity contribution in [1.29, 1.82) is 0 Å². The molecule has 7 heteroatoms. The Bertz CT molecular complexity index is 1050. The third kappa shape index (κ3) is 21.0. The van der Waals surface area contributed by atoms with E-state index in [9.17, 15) is 14.4 Å². The van der Waals surface area contributed by atoms with Gasteiger partial charge >= 0.3 is 5.97 Å². The quantitative estimate of drug-likeness (QED) is 0.0892. The fourth-order valence-electron chi connectivity index (χ4n) is 4.70. The van der Waals surface area contributed by atoms with E-state index in [1.165, 1.54) is 0 Å². The van der Waals surface area contributed by atoms with Crippen molar-refractivity contribution in [3.8, 4) is 0 Å². The molecule has 1 aliphatic carbocycles. The number of ether oxygens (including phenoxy) is 2. The summed E-state index contributed by atoms with van der Waals surface area (Å²) in [4.78, 5) is 37.2. The van der Waals surface area contributed by atoms with Crippen LogP contribution in [0.2, 0.25) is 0 Å². The summed E-state index contributed by atoms with van der Waals surface area (Å²) < 4.78 is 11.3. The molecule has 2 N–H and O–H groups in total. The largest absolute Gasteiger partial charge is 0.463 e. The number of carbonyl (C=O) groups excluding carboxylic acids is 3. The van der Waals surface area contributed by atoms with Gasteiger partial charge in [0.2, 0.25) is 11.8 Å². The molecule has 0 saturated heterocycles. The maximum atomic E-state index is 12.6. The summed E-state index contributed by atoms with van der Waals surface area (Å²) in [6.45, 7) is 8.23. The van der Waals surface area contributed by atoms with Crippen LogP contribution < -0.4 is 10.6 Å². The number of hydrogen-bond donors (Lipinski definition) is 2. The van der Waals surface area contributed by atoms with Gasteiger partial charge in [0.25, 0.3) is 0 Å². The van der Waals surface area contributed by atoms with E-state index >= 15 is 0 Å². The van der Waals surface area contributed by atoms with Crippen LogP contribution in [0, 0.1) is 0 Å². The molecule has 0 aromatic heterocycles. The minimum absolute atomic E-state index is 0.0876. The highest BCUT2D eigenvalue weighted by molar-refractivity contribution is 5.89. The van der Waals surface area contributed by atoms with Gasteiger partial charge < -0.3 is 20.1 Å². The van der Waals surface area contributed by atoms with E-state index in [2.05, 4.69) is 92.2 Å². The van der Waals surface area contributed by atoms with Gasteiger partial charge in [-0.2, -0.15) is 0 Å². The second-order valence-electron chi connectivity index (χ2n) is 11.0. The van der Waals surface area contributed by atoms with Crippen molar-refractivity contribution in [2.24, 2.45) is 0 Å². The Kier molecular flexibility index (Phi) is 23.7. The Morgan fingerprint density at radius 2 is 1.31 bits per heavy atom. The van der Waals surface area contributed by atoms with E-state index in [1.807, 2.05) is 18.2 Å². The van der Waals surface area contributed by atoms with E-state index in [0.717, 1.165) is 51.4 Å². The first kappa shape index (κ1) is 39.6. The molecule has 0 fully saturated rings. The average Bonchev–Trinajstić information content (AvgIpc) is 3.03. The van der Waals surface area contributed by atoms with Crippen LogP contribution in [-0.4, -0.2) is 49.2 Å². The molecule has 0 aromatic rings. The second-order valence-corrected chi connectivity index (χ2v) is 11.0. The summed E-state index contributed by atoms with van der Waals surface area (Å²) >= 11 is 0. The number of allylic oxidation sites excluding steroid dienone is 12. The zero-order chi connectivity index (χ0) is 33.0. The van der Waals surface area contributed by atoms with Gasteiger partial charge in [-0.15, -0.1) is 0 Å². The zero-order valence-electron chi connectivity index (χ0n) is 28.2. The monoisotopic (exact) mass is 622 g/mol. The molecule has 7 nitrogen and oxygen atoms in total. The number of esters is 1. The highest BCUT2D eigenvalue weighted by Crippen LogP contribution is 2.24. The molecule has 2 amide bonds. The summed E-state index contributed by atoms with van der Waals surface area (Å²) in [5.74, 6) is -0.832. The SMILES string of the molecule is CC/C=C\C/C=C\C/C=C\C/C=C\C/C=C\C/C=C\CCC(=O)NCC(=O)NC1CC(C(=O)OCC)=CC(OC(CC)CC)C1. The summed E-state index contributed by atoms with van der Waals surface area (Å²) in [7, 11) is 0. The Morgan fingerprint density at radius 3 is 1.82 bits per heavy atom. The molecular formula is C38H58N2O5. The van der Waals surface area contributed by atoms with Crippen LogP contribution in [0.1, 0.15) is 105 Å². The number of amides is 2. The van der Waals surface area contributed by atoms with Crippen LogP contribution in [0.25, 0.3) is 0 Å². The molecule has 0 saturated carbocycles. The third-order valence-electron chi connectivity index (χ3n) is 7.13. The molecule has 0 bridgehead atoms. The van der Waals surface area contributed by atoms with Crippen LogP contribution in [0.4, 0.5) is 0 Å². The highest BCUT2D eigenvalue weighted by Gasteiger charge is 2.29. The summed E-state index contributed by atoms with van der Waals surface area (Å²) in [6, 6.07) is -0.267. The fourth-order valence-corrected chi connectivity index (χ4v) is 4.70. The molecule has 1 rings (SSSR count). The van der Waals surface area contributed by atoms with Gasteiger partial charge in [-0.3, -0.25) is 9.59 Å². The van der Waals surface area contributed by atoms with E-state index in [0.29, 0.717) is 31.3 Å². The summed E-state index contributed by atoms with van der Waals surface area (Å²) in [5, 5.41) is 5.65. The van der Waals surface area contributed by atoms with E-state index in [-0.39, 0.29) is 49.2 Å². The van der Waals surface area contributed by atoms with E-state index < -0.39 is 0 Å². The first-order valence-electron chi connectivity index (χ1n) is 16.9. The molecule has 2 atom stereocenters. The molecule has 1 aliphatic rings. The third-order valence-corrected chi connectivity index (χ3v) is 7.13. The van der Waals surface area contributed by atoms with Crippen molar-refractivity contribution >= 4 is 17.8 Å². The van der Waals surface area contributed by atoms with Gasteiger partial charge in [0.1, 0.15) is 0 Å². The van der Waals surface area contributed by atoms with Gasteiger partial charge in [-0.05, 0) is 83.6 Å². The average molecular weight is 623 g/mol. The van der Waals surface area contributed by atoms with Gasteiger partial charge in [0, 0.05) is 18.0 Å². The van der Waals surface area contributed by atoms with E-state index in [4.69, 9.17) is 9.47 Å². The smallest absolute Gasteiger partial charge is 0.333 e. The Labute approximate surface area is 272 Å². The number of rotatable bonds is 23. The van der Waals surface area contributed by atoms with Crippen molar-refractivity contribution in [2.75, 3.05) is 13.2 Å². The number of hydrogen-bond acceptors (Lipinski definition) is 5. The number of carbonyl (C=O) groups is 3. The topological polar surface area (TPSA) is 93.7 Å². The maximum Gasteiger partial charge on any atom is 0.333 e. The lowest BCUT2D eigenvalue weighted by Gasteiger charge is -2.31. The van der Waals surface area contributed by atoms with Gasteiger partial charge in [-0.1, -0.05) is 93.7 Å². The van der Waals surface area contributed by atoms with Crippen LogP contribution >= 0.6 is 0 Å². The molecule has 250 valence electrons. The molecule has 45 heavy (non-hydrogen) atoms. The first-order valence-corrected chi connectivity index (χ1v) is 16.9. The molecule has 2 unspecified atom stereocenters. The molecule has 0 radical (unpaired) electrons. The van der Waals surface area contributed by atoms with Gasteiger partial charge in [0.05, 0.1) is 25.4 Å². The predicted octanol–water partition coefficient (Wildman–Crippen LogP) is 7.92. The minimum atomic E-state index is -0.378. The Morgan fingerprint density at radius 1 is 0.778 bits per heavy atom. The molecule has 0 spiro atoms. The standard InChI is InChI=1S/C38H58N2O5/c1-5-9-10-11-12-13-14-15-16-17-18-19-20-21-22-23-24-25-26-27-36(41)39-31-37(42)40-33-28-32(38(43)44-8-4)29-35(30-33)45-34(6-2)7-3/h9-10,12-13,15-16,18-19,21-22,24-25,29,33-35H,5-8,11,14,17,20,23,26-28,30-31H2,1-4H3,(H,39,41)(H,40,42)/b10-9-,13-12-,16-15-,19-18-,22-21-,25-24-. The number of nitrogens with one attached hydrogen (secondary N) is 2. The van der Waals surface area contributed by atoms with Crippen molar-refractivity contribution < 1.29 is 23.9 Å². The Balaban J connectivity index is 2.24. The first-order chi connectivity index (χ1) is 21.9.